The topological polar surface area (TPSA) is 135 Å². The van der Waals surface area contributed by atoms with E-state index in [1.165, 1.54) is 6.34 Å². The Balaban J connectivity index is 1.66. The van der Waals surface area contributed by atoms with Crippen LogP contribution in [-0.4, -0.2) is 36.8 Å². The number of ether oxygens (including phenoxy) is 1. The number of nitrogens with one attached hydrogen (secondary N) is 3. The van der Waals surface area contributed by atoms with Crippen molar-refractivity contribution in [3.8, 4) is 0 Å². The fourth-order valence-corrected chi connectivity index (χ4v) is 3.29. The molecule has 0 aliphatic rings. The third-order valence-electron chi connectivity index (χ3n) is 4.99. The molecule has 0 aliphatic heterocycles. The maximum atomic E-state index is 12.6. The standard InChI is InChI=1S/C26H27N5O4/c1-2-35-26(34)23(31-24(32)19-7-4-3-5-8-19)15-18-11-13-21(14-12-18)30-25(33)20-9-6-10-22(16-20)28-17-29-27/h3-14,16-17,23H,2,15,27H2,1H3,(H,28,29)(H,30,33)(H,31,32)/t23-/m0/s1. The van der Waals surface area contributed by atoms with Gasteiger partial charge in [-0.05, 0) is 55.0 Å². The first-order valence-electron chi connectivity index (χ1n) is 11.0. The van der Waals surface area contributed by atoms with E-state index in [9.17, 15) is 14.4 Å². The molecule has 0 radical (unpaired) electrons. The monoisotopic (exact) mass is 473 g/mol. The largest absolute Gasteiger partial charge is 0.464 e. The van der Waals surface area contributed by atoms with Crippen LogP contribution in [0.4, 0.5) is 11.4 Å². The van der Waals surface area contributed by atoms with Crippen LogP contribution in [0.5, 0.6) is 0 Å². The van der Waals surface area contributed by atoms with Crippen molar-refractivity contribution in [2.24, 2.45) is 10.9 Å². The van der Waals surface area contributed by atoms with Gasteiger partial charge in [0.15, 0.2) is 0 Å². The Kier molecular flexibility index (Phi) is 8.95. The molecule has 3 rings (SSSR count). The van der Waals surface area contributed by atoms with Gasteiger partial charge in [-0.3, -0.25) is 9.59 Å². The number of hydrogen-bond acceptors (Lipinski definition) is 6. The molecule has 0 spiro atoms. The predicted molar refractivity (Wildman–Crippen MR) is 135 cm³/mol. The number of rotatable bonds is 10. The smallest absolute Gasteiger partial charge is 0.328 e. The van der Waals surface area contributed by atoms with E-state index in [1.54, 1.807) is 79.7 Å². The maximum Gasteiger partial charge on any atom is 0.328 e. The number of hydrazone groups is 1. The molecular weight excluding hydrogens is 446 g/mol. The second-order valence-corrected chi connectivity index (χ2v) is 7.50. The van der Waals surface area contributed by atoms with Crippen LogP contribution in [0, 0.1) is 0 Å². The van der Waals surface area contributed by atoms with Gasteiger partial charge in [0, 0.05) is 28.9 Å². The van der Waals surface area contributed by atoms with E-state index in [0.717, 1.165) is 5.56 Å². The van der Waals surface area contributed by atoms with Crippen LogP contribution in [0.25, 0.3) is 0 Å². The van der Waals surface area contributed by atoms with E-state index >= 15 is 0 Å². The zero-order chi connectivity index (χ0) is 25.0. The summed E-state index contributed by atoms with van der Waals surface area (Å²) in [5.41, 5.74) is 2.96. The van der Waals surface area contributed by atoms with Gasteiger partial charge in [-0.15, -0.1) is 0 Å². The number of hydrogen-bond donors (Lipinski definition) is 4. The van der Waals surface area contributed by atoms with Crippen molar-refractivity contribution in [1.29, 1.82) is 0 Å². The van der Waals surface area contributed by atoms with Crippen LogP contribution in [0.2, 0.25) is 0 Å². The number of esters is 1. The van der Waals surface area contributed by atoms with Crippen LogP contribution in [0.3, 0.4) is 0 Å². The second-order valence-electron chi connectivity index (χ2n) is 7.50. The van der Waals surface area contributed by atoms with Crippen molar-refractivity contribution in [2.45, 2.75) is 19.4 Å². The van der Waals surface area contributed by atoms with Crippen LogP contribution >= 0.6 is 0 Å². The van der Waals surface area contributed by atoms with E-state index in [0.29, 0.717) is 22.5 Å². The van der Waals surface area contributed by atoms with E-state index in [1.807, 2.05) is 6.07 Å². The summed E-state index contributed by atoms with van der Waals surface area (Å²) in [7, 11) is 0. The Hall–Kier alpha value is -4.66. The molecule has 0 heterocycles. The van der Waals surface area contributed by atoms with Gasteiger partial charge in [-0.1, -0.05) is 36.4 Å². The minimum absolute atomic E-state index is 0.206. The fourth-order valence-electron chi connectivity index (χ4n) is 3.29. The van der Waals surface area contributed by atoms with Gasteiger partial charge >= 0.3 is 5.97 Å². The van der Waals surface area contributed by atoms with Gasteiger partial charge in [-0.2, -0.15) is 5.10 Å². The number of nitrogens with two attached hydrogens (primary N) is 1. The lowest BCUT2D eigenvalue weighted by Crippen LogP contribution is -2.43. The number of nitrogens with zero attached hydrogens (tertiary/aromatic N) is 1. The van der Waals surface area contributed by atoms with Crippen molar-refractivity contribution < 1.29 is 19.1 Å². The van der Waals surface area contributed by atoms with E-state index < -0.39 is 12.0 Å². The van der Waals surface area contributed by atoms with Gasteiger partial charge < -0.3 is 26.5 Å². The lowest BCUT2D eigenvalue weighted by atomic mass is 10.0. The summed E-state index contributed by atoms with van der Waals surface area (Å²) in [6, 6.07) is 21.7. The quantitative estimate of drug-likeness (QED) is 0.117. The molecule has 0 saturated carbocycles. The first-order valence-corrected chi connectivity index (χ1v) is 11.0. The molecule has 3 aromatic rings. The third kappa shape index (κ3) is 7.43. The number of benzene rings is 3. The summed E-state index contributed by atoms with van der Waals surface area (Å²) in [6.45, 7) is 1.92. The number of amides is 2. The molecule has 35 heavy (non-hydrogen) atoms. The SMILES string of the molecule is CCOC(=O)[C@H](Cc1ccc(NC(=O)c2cccc(NC=NN)c2)cc1)NC(=O)c1ccccc1. The van der Waals surface area contributed by atoms with Crippen molar-refractivity contribution in [1.82, 2.24) is 5.32 Å². The zero-order valence-corrected chi connectivity index (χ0v) is 19.2. The molecule has 1 atom stereocenters. The third-order valence-corrected chi connectivity index (χ3v) is 4.99. The Bertz CT molecular complexity index is 1180. The van der Waals surface area contributed by atoms with Crippen LogP contribution in [-0.2, 0) is 16.0 Å². The molecule has 3 aromatic carbocycles. The van der Waals surface area contributed by atoms with Gasteiger partial charge in [0.1, 0.15) is 12.4 Å². The second kappa shape index (κ2) is 12.5. The minimum Gasteiger partial charge on any atom is -0.464 e. The summed E-state index contributed by atoms with van der Waals surface area (Å²) in [4.78, 5) is 37.6. The molecule has 0 unspecified atom stereocenters. The lowest BCUT2D eigenvalue weighted by molar-refractivity contribution is -0.145. The molecule has 0 aliphatic carbocycles. The zero-order valence-electron chi connectivity index (χ0n) is 19.2. The van der Waals surface area contributed by atoms with Crippen molar-refractivity contribution >= 4 is 35.5 Å². The maximum absolute atomic E-state index is 12.6. The van der Waals surface area contributed by atoms with Gasteiger partial charge in [0.25, 0.3) is 11.8 Å². The van der Waals surface area contributed by atoms with Crippen LogP contribution in [0.15, 0.2) is 84.0 Å². The lowest BCUT2D eigenvalue weighted by Gasteiger charge is -2.18. The Morgan fingerprint density at radius 2 is 1.63 bits per heavy atom. The average Bonchev–Trinajstić information content (AvgIpc) is 2.89. The molecule has 5 N–H and O–H groups in total. The average molecular weight is 474 g/mol. The predicted octanol–water partition coefficient (Wildman–Crippen LogP) is 3.16. The fraction of sp³-hybridized carbons (Fsp3) is 0.154. The normalized spacial score (nSPS) is 11.5. The molecule has 0 saturated heterocycles. The summed E-state index contributed by atoms with van der Waals surface area (Å²) >= 11 is 0. The minimum atomic E-state index is -0.851. The van der Waals surface area contributed by atoms with Crippen molar-refractivity contribution in [3.05, 3.63) is 95.6 Å². The van der Waals surface area contributed by atoms with Gasteiger partial charge in [-0.25, -0.2) is 4.79 Å². The van der Waals surface area contributed by atoms with Gasteiger partial charge in [0.05, 0.1) is 6.61 Å². The van der Waals surface area contributed by atoms with Gasteiger partial charge in [0.2, 0.25) is 0 Å². The Morgan fingerprint density at radius 1 is 0.914 bits per heavy atom. The van der Waals surface area contributed by atoms with Crippen molar-refractivity contribution in [3.63, 3.8) is 0 Å². The highest BCUT2D eigenvalue weighted by molar-refractivity contribution is 6.05. The molecule has 9 heteroatoms. The molecule has 9 nitrogen and oxygen atoms in total. The van der Waals surface area contributed by atoms with Crippen LogP contribution < -0.4 is 21.8 Å². The highest BCUT2D eigenvalue weighted by atomic mass is 16.5. The Labute approximate surface area is 203 Å². The Morgan fingerprint density at radius 3 is 2.31 bits per heavy atom. The summed E-state index contributed by atoms with van der Waals surface area (Å²) in [5, 5.41) is 11.8. The molecule has 0 bridgehead atoms. The molecule has 0 aromatic heterocycles. The number of carbonyl (C=O) groups is 3. The number of carbonyl (C=O) groups excluding carboxylic acids is 3. The van der Waals surface area contributed by atoms with E-state index in [2.05, 4.69) is 21.1 Å². The first kappa shape index (κ1) is 25.0. The summed E-state index contributed by atoms with van der Waals surface area (Å²) in [6.07, 6.45) is 1.56. The summed E-state index contributed by atoms with van der Waals surface area (Å²) < 4.78 is 5.14. The molecule has 0 fully saturated rings. The number of anilines is 2. The highest BCUT2D eigenvalue weighted by Crippen LogP contribution is 2.15. The highest BCUT2D eigenvalue weighted by Gasteiger charge is 2.23. The molecular formula is C26H27N5O4. The van der Waals surface area contributed by atoms with Crippen LogP contribution in [0.1, 0.15) is 33.2 Å². The molecule has 2 amide bonds. The van der Waals surface area contributed by atoms with E-state index in [-0.39, 0.29) is 24.8 Å². The molecule has 180 valence electrons. The van der Waals surface area contributed by atoms with E-state index in [4.69, 9.17) is 10.6 Å². The summed E-state index contributed by atoms with van der Waals surface area (Å²) in [5.74, 6) is 3.92. The van der Waals surface area contributed by atoms with Crippen molar-refractivity contribution in [2.75, 3.05) is 17.2 Å². The first-order chi connectivity index (χ1) is 17.0.